The van der Waals surface area contributed by atoms with Crippen molar-refractivity contribution in [3.8, 4) is 5.88 Å². The zero-order valence-corrected chi connectivity index (χ0v) is 19.2. The number of allylic oxidation sites excluding steroid dienone is 2. The highest BCUT2D eigenvalue weighted by molar-refractivity contribution is 7.81. The molecule has 1 aliphatic carbocycles. The summed E-state index contributed by atoms with van der Waals surface area (Å²) in [7, 11) is -5.13. The fraction of sp³-hybridized carbons (Fsp3) is 0.524. The zero-order valence-electron chi connectivity index (χ0n) is 18.4. The number of anilines is 1. The lowest BCUT2D eigenvalue weighted by atomic mass is 9.78. The Labute approximate surface area is 191 Å². The van der Waals surface area contributed by atoms with Gasteiger partial charge < -0.3 is 20.1 Å². The predicted octanol–water partition coefficient (Wildman–Crippen LogP) is 2.13. The van der Waals surface area contributed by atoms with Crippen LogP contribution in [-0.2, 0) is 15.3 Å². The maximum absolute atomic E-state index is 14.5. The van der Waals surface area contributed by atoms with Gasteiger partial charge in [0.1, 0.15) is 11.4 Å². The fourth-order valence-electron chi connectivity index (χ4n) is 4.89. The maximum Gasteiger partial charge on any atom is 0.490 e. The largest absolute Gasteiger partial charge is 0.490 e. The van der Waals surface area contributed by atoms with Gasteiger partial charge in [-0.25, -0.2) is 9.37 Å². The molecule has 2 fully saturated rings. The molecule has 9 nitrogen and oxygen atoms in total. The Morgan fingerprint density at radius 2 is 2.18 bits per heavy atom. The first-order valence-corrected chi connectivity index (χ1v) is 12.2. The second-order valence-electron chi connectivity index (χ2n) is 8.60. The lowest BCUT2D eigenvalue weighted by Crippen LogP contribution is -2.59. The first-order chi connectivity index (χ1) is 15.6. The van der Waals surface area contributed by atoms with Gasteiger partial charge in [-0.15, -0.1) is 0 Å². The molecule has 1 aromatic heterocycles. The number of nitrogens with one attached hydrogen (secondary N) is 3. The highest BCUT2D eigenvalue weighted by Gasteiger charge is 2.55. The van der Waals surface area contributed by atoms with E-state index in [2.05, 4.69) is 30.0 Å². The summed E-state index contributed by atoms with van der Waals surface area (Å²) in [6.45, 7) is 5.66. The molecule has 3 atom stereocenters. The average molecular weight is 484 g/mol. The molecule has 4 rings (SSSR count). The molecule has 0 bridgehead atoms. The van der Waals surface area contributed by atoms with Gasteiger partial charge in [-0.05, 0) is 45.4 Å². The van der Waals surface area contributed by atoms with Gasteiger partial charge in [-0.3, -0.25) is 9.69 Å². The van der Waals surface area contributed by atoms with Gasteiger partial charge in [0, 0.05) is 43.2 Å². The highest BCUT2D eigenvalue weighted by Crippen LogP contribution is 2.44. The van der Waals surface area contributed by atoms with E-state index in [1.54, 1.807) is 6.07 Å². The minimum atomic E-state index is -5.13. The number of hydrogen-bond acceptors (Lipinski definition) is 8. The highest BCUT2D eigenvalue weighted by atomic mass is 32.3. The Morgan fingerprint density at radius 3 is 2.85 bits per heavy atom. The summed E-state index contributed by atoms with van der Waals surface area (Å²) in [6.07, 6.45) is 4.65. The first kappa shape index (κ1) is 23.4. The minimum Gasteiger partial charge on any atom is -0.384 e. The number of likely N-dealkylation sites (N-methyl/N-ethyl adjacent to an activating group) is 1. The molecule has 33 heavy (non-hydrogen) atoms. The number of nitrogens with zero attached hydrogens (tertiary/aromatic N) is 2. The molecular weight excluding hydrogens is 456 g/mol. The van der Waals surface area contributed by atoms with Gasteiger partial charge in [-0.1, -0.05) is 3.89 Å². The third kappa shape index (κ3) is 4.81. The van der Waals surface area contributed by atoms with Gasteiger partial charge in [0.15, 0.2) is 0 Å². The Morgan fingerprint density at radius 1 is 1.39 bits per heavy atom. The minimum absolute atomic E-state index is 0.0212. The smallest absolute Gasteiger partial charge is 0.384 e. The molecule has 2 unspecified atom stereocenters. The SMILES string of the molecule is CCNC1=C2NC(=O)C(C)(N3CCC[C@@H](Nc4ccc(OS(=O)(=O)F)nc4)C3)C2CC(F)=C1. The topological polar surface area (TPSA) is 113 Å². The van der Waals surface area contributed by atoms with Crippen LogP contribution < -0.4 is 20.1 Å². The Balaban J connectivity index is 1.49. The summed E-state index contributed by atoms with van der Waals surface area (Å²) in [5, 5.41) is 9.46. The number of hydrogen-bond donors (Lipinski definition) is 3. The van der Waals surface area contributed by atoms with Crippen LogP contribution in [0.5, 0.6) is 5.88 Å². The van der Waals surface area contributed by atoms with E-state index in [1.165, 1.54) is 18.3 Å². The van der Waals surface area contributed by atoms with Crippen LogP contribution in [0, 0.1) is 5.92 Å². The van der Waals surface area contributed by atoms with E-state index in [1.807, 2.05) is 13.8 Å². The number of piperidine rings is 1. The van der Waals surface area contributed by atoms with Gasteiger partial charge in [0.2, 0.25) is 11.8 Å². The van der Waals surface area contributed by atoms with Crippen molar-refractivity contribution in [2.75, 3.05) is 25.0 Å². The van der Waals surface area contributed by atoms with Crippen LogP contribution in [0.4, 0.5) is 14.0 Å². The van der Waals surface area contributed by atoms with Crippen LogP contribution in [0.1, 0.15) is 33.1 Å². The Hall–Kier alpha value is -2.73. The molecule has 1 aromatic rings. The van der Waals surface area contributed by atoms with E-state index < -0.39 is 16.0 Å². The molecule has 2 saturated heterocycles. The molecule has 3 aliphatic rings. The van der Waals surface area contributed by atoms with Crippen molar-refractivity contribution in [1.29, 1.82) is 0 Å². The zero-order chi connectivity index (χ0) is 23.8. The van der Waals surface area contributed by atoms with Crippen LogP contribution >= 0.6 is 0 Å². The number of carbonyl (C=O) groups is 1. The molecule has 12 heteroatoms. The third-order valence-corrected chi connectivity index (χ3v) is 6.83. The first-order valence-electron chi connectivity index (χ1n) is 10.9. The van der Waals surface area contributed by atoms with Crippen LogP contribution in [-0.4, -0.2) is 55.4 Å². The predicted molar refractivity (Wildman–Crippen MR) is 118 cm³/mol. The summed E-state index contributed by atoms with van der Waals surface area (Å²) >= 11 is 0. The van der Waals surface area contributed by atoms with Crippen LogP contribution in [0.25, 0.3) is 0 Å². The quantitative estimate of drug-likeness (QED) is 0.506. The maximum atomic E-state index is 14.5. The lowest BCUT2D eigenvalue weighted by molar-refractivity contribution is -0.131. The van der Waals surface area contributed by atoms with Gasteiger partial charge >= 0.3 is 10.5 Å². The molecule has 0 saturated carbocycles. The van der Waals surface area contributed by atoms with Gasteiger partial charge in [0.25, 0.3) is 0 Å². The van der Waals surface area contributed by atoms with Crippen molar-refractivity contribution >= 4 is 22.1 Å². The van der Waals surface area contributed by atoms with Crippen LogP contribution in [0.15, 0.2) is 41.6 Å². The van der Waals surface area contributed by atoms with E-state index in [0.29, 0.717) is 31.0 Å². The number of halogens is 2. The molecule has 1 amide bonds. The number of rotatable bonds is 7. The van der Waals surface area contributed by atoms with E-state index in [9.17, 15) is 21.5 Å². The van der Waals surface area contributed by atoms with Crippen molar-refractivity contribution < 1.29 is 25.7 Å². The summed E-state index contributed by atoms with van der Waals surface area (Å²) < 4.78 is 52.4. The summed E-state index contributed by atoms with van der Waals surface area (Å²) in [4.78, 5) is 19.0. The normalized spacial score (nSPS) is 28.1. The molecule has 2 aliphatic heterocycles. The average Bonchev–Trinajstić information content (AvgIpc) is 3.01. The van der Waals surface area contributed by atoms with E-state index in [0.717, 1.165) is 18.5 Å². The number of aromatic nitrogens is 1. The Kier molecular flexibility index (Phi) is 6.32. The van der Waals surface area contributed by atoms with Crippen LogP contribution in [0.2, 0.25) is 0 Å². The molecule has 3 N–H and O–H groups in total. The molecule has 180 valence electrons. The fourth-order valence-corrected chi connectivity index (χ4v) is 5.19. The third-order valence-electron chi connectivity index (χ3n) is 6.46. The van der Waals surface area contributed by atoms with Gasteiger partial charge in [-0.2, -0.15) is 8.42 Å². The number of likely N-dealkylation sites (tertiary alicyclic amines) is 1. The monoisotopic (exact) mass is 483 g/mol. The number of carbonyl (C=O) groups excluding carboxylic acids is 1. The van der Waals surface area contributed by atoms with Crippen molar-refractivity contribution in [1.82, 2.24) is 20.5 Å². The second kappa shape index (κ2) is 8.90. The van der Waals surface area contributed by atoms with E-state index >= 15 is 0 Å². The Bertz CT molecular complexity index is 1090. The molecule has 3 heterocycles. The standard InChI is InChI=1S/C21H27F2N5O4S/c1-3-24-17-10-13(22)9-16-19(17)27-20(29)21(16,2)28-8-4-5-15(12-28)26-14-6-7-18(25-11-14)32-33(23,30)31/h6-7,10-11,15-16,24,26H,3-5,8-9,12H2,1-2H3,(H,27,29)/t15-,16?,21?/m1/s1. The van der Waals surface area contributed by atoms with Crippen molar-refractivity contribution in [2.24, 2.45) is 5.92 Å². The van der Waals surface area contributed by atoms with Crippen LogP contribution in [0.3, 0.4) is 0 Å². The molecular formula is C21H27F2N5O4S. The van der Waals surface area contributed by atoms with E-state index in [-0.39, 0.29) is 36.0 Å². The number of amides is 1. The molecule has 0 aromatic carbocycles. The molecule has 0 radical (unpaired) electrons. The van der Waals surface area contributed by atoms with E-state index in [4.69, 9.17) is 0 Å². The van der Waals surface area contributed by atoms with Crippen molar-refractivity contribution in [3.05, 3.63) is 41.6 Å². The number of fused-ring (bicyclic) bond motifs is 1. The second-order valence-corrected chi connectivity index (χ2v) is 9.55. The summed E-state index contributed by atoms with van der Waals surface area (Å²) in [6, 6.07) is 2.77. The molecule has 0 spiro atoms. The van der Waals surface area contributed by atoms with Gasteiger partial charge in [0.05, 0.1) is 17.6 Å². The van der Waals surface area contributed by atoms with Crippen molar-refractivity contribution in [2.45, 2.75) is 44.7 Å². The summed E-state index contributed by atoms with van der Waals surface area (Å²) in [5.74, 6) is -1.08. The lowest BCUT2D eigenvalue weighted by Gasteiger charge is -2.45. The summed E-state index contributed by atoms with van der Waals surface area (Å²) in [5.41, 5.74) is 1.07. The van der Waals surface area contributed by atoms with Crippen molar-refractivity contribution in [3.63, 3.8) is 0 Å². The number of pyridine rings is 1.